The van der Waals surface area contributed by atoms with Crippen LogP contribution in [0, 0.1) is 6.92 Å². The summed E-state index contributed by atoms with van der Waals surface area (Å²) in [5, 5.41) is 3.44. The SMILES string of the molecule is Cc1ccnc(/C(=N/N)NN)c1. The number of aromatic nitrogens is 1. The van der Waals surface area contributed by atoms with Crippen LogP contribution in [0.4, 0.5) is 0 Å². The molecule has 12 heavy (non-hydrogen) atoms. The molecule has 0 aliphatic heterocycles. The predicted octanol–water partition coefficient (Wildman–Crippen LogP) is -0.526. The van der Waals surface area contributed by atoms with E-state index in [4.69, 9.17) is 11.7 Å². The number of hydrazone groups is 1. The quantitative estimate of drug-likeness (QED) is 0.226. The average molecular weight is 165 g/mol. The second-order valence-electron chi connectivity index (χ2n) is 2.34. The minimum Gasteiger partial charge on any atom is -0.321 e. The average Bonchev–Trinajstić information content (AvgIpc) is 2.07. The zero-order valence-electron chi connectivity index (χ0n) is 6.78. The molecule has 0 spiro atoms. The fourth-order valence-electron chi connectivity index (χ4n) is 0.843. The first-order valence-corrected chi connectivity index (χ1v) is 3.45. The summed E-state index contributed by atoms with van der Waals surface area (Å²) in [7, 11) is 0. The van der Waals surface area contributed by atoms with Crippen LogP contribution < -0.4 is 17.1 Å². The Bertz CT molecular complexity index is 294. The zero-order valence-corrected chi connectivity index (χ0v) is 6.78. The van der Waals surface area contributed by atoms with Gasteiger partial charge in [0.05, 0.1) is 0 Å². The Kier molecular flexibility index (Phi) is 2.60. The molecule has 1 rings (SSSR count). The minimum atomic E-state index is 0.374. The van der Waals surface area contributed by atoms with Gasteiger partial charge in [-0.2, -0.15) is 5.10 Å². The van der Waals surface area contributed by atoms with Crippen molar-refractivity contribution in [1.29, 1.82) is 0 Å². The summed E-state index contributed by atoms with van der Waals surface area (Å²) in [5.74, 6) is 10.6. The van der Waals surface area contributed by atoms with Crippen molar-refractivity contribution >= 4 is 5.84 Å². The summed E-state index contributed by atoms with van der Waals surface area (Å²) in [4.78, 5) is 4.03. The standard InChI is InChI=1S/C7H11N5/c1-5-2-3-10-6(4-5)7(11-8)12-9/h2-4H,8-9H2,1H3,(H,11,12). The van der Waals surface area contributed by atoms with Crippen LogP contribution in [0.15, 0.2) is 23.4 Å². The summed E-state index contributed by atoms with van der Waals surface area (Å²) >= 11 is 0. The second kappa shape index (κ2) is 3.68. The third-order valence-corrected chi connectivity index (χ3v) is 1.42. The number of aryl methyl sites for hydroxylation is 1. The number of nitrogens with two attached hydrogens (primary N) is 2. The molecule has 0 aliphatic carbocycles. The van der Waals surface area contributed by atoms with Gasteiger partial charge in [0.25, 0.3) is 0 Å². The topological polar surface area (TPSA) is 89.3 Å². The molecule has 1 aromatic heterocycles. The molecular formula is C7H11N5. The van der Waals surface area contributed by atoms with Crippen LogP contribution in [0.25, 0.3) is 0 Å². The molecule has 0 amide bonds. The first kappa shape index (κ1) is 8.48. The highest BCUT2D eigenvalue weighted by Crippen LogP contribution is 1.99. The van der Waals surface area contributed by atoms with E-state index in [1.807, 2.05) is 19.1 Å². The van der Waals surface area contributed by atoms with Gasteiger partial charge in [-0.1, -0.05) is 0 Å². The third kappa shape index (κ3) is 1.70. The smallest absolute Gasteiger partial charge is 0.185 e. The Hall–Kier alpha value is -1.62. The monoisotopic (exact) mass is 165 g/mol. The number of hydrazine groups is 1. The molecule has 5 N–H and O–H groups in total. The first-order chi connectivity index (χ1) is 5.77. The normalized spacial score (nSPS) is 11.3. The zero-order chi connectivity index (χ0) is 8.97. The largest absolute Gasteiger partial charge is 0.321 e. The third-order valence-electron chi connectivity index (χ3n) is 1.42. The molecule has 0 bridgehead atoms. The molecule has 5 nitrogen and oxygen atoms in total. The Morgan fingerprint density at radius 2 is 2.42 bits per heavy atom. The van der Waals surface area contributed by atoms with Crippen LogP contribution in [0.3, 0.4) is 0 Å². The van der Waals surface area contributed by atoms with Crippen LogP contribution in [-0.4, -0.2) is 10.8 Å². The maximum absolute atomic E-state index is 5.16. The lowest BCUT2D eigenvalue weighted by Crippen LogP contribution is -2.32. The minimum absolute atomic E-state index is 0.374. The maximum atomic E-state index is 5.16. The van der Waals surface area contributed by atoms with E-state index < -0.39 is 0 Å². The molecule has 0 fully saturated rings. The Balaban J connectivity index is 3.02. The van der Waals surface area contributed by atoms with Gasteiger partial charge in [0.15, 0.2) is 5.84 Å². The number of hydrogen-bond acceptors (Lipinski definition) is 4. The Labute approximate surface area is 70.4 Å². The molecular weight excluding hydrogens is 154 g/mol. The molecule has 0 saturated heterocycles. The summed E-state index contributed by atoms with van der Waals surface area (Å²) in [6, 6.07) is 3.72. The fraction of sp³-hybridized carbons (Fsp3) is 0.143. The number of nitrogens with zero attached hydrogens (tertiary/aromatic N) is 2. The first-order valence-electron chi connectivity index (χ1n) is 3.45. The van der Waals surface area contributed by atoms with E-state index in [0.717, 1.165) is 5.56 Å². The highest BCUT2D eigenvalue weighted by Gasteiger charge is 2.01. The van der Waals surface area contributed by atoms with Gasteiger partial charge >= 0.3 is 0 Å². The number of amidine groups is 1. The molecule has 64 valence electrons. The van der Waals surface area contributed by atoms with Crippen LogP contribution in [-0.2, 0) is 0 Å². The lowest BCUT2D eigenvalue weighted by atomic mass is 10.2. The molecule has 0 radical (unpaired) electrons. The summed E-state index contributed by atoms with van der Waals surface area (Å²) < 4.78 is 0. The van der Waals surface area contributed by atoms with E-state index in [0.29, 0.717) is 11.5 Å². The predicted molar refractivity (Wildman–Crippen MR) is 47.0 cm³/mol. The molecule has 0 unspecified atom stereocenters. The number of pyridine rings is 1. The summed E-state index contributed by atoms with van der Waals surface area (Å²) in [5.41, 5.74) is 4.08. The van der Waals surface area contributed by atoms with Crippen molar-refractivity contribution in [2.24, 2.45) is 16.8 Å². The van der Waals surface area contributed by atoms with Crippen molar-refractivity contribution in [3.8, 4) is 0 Å². The summed E-state index contributed by atoms with van der Waals surface area (Å²) in [6.45, 7) is 1.95. The lowest BCUT2D eigenvalue weighted by molar-refractivity contribution is 0.991. The van der Waals surface area contributed by atoms with E-state index in [9.17, 15) is 0 Å². The van der Waals surface area contributed by atoms with Gasteiger partial charge in [-0.05, 0) is 24.6 Å². The van der Waals surface area contributed by atoms with E-state index in [-0.39, 0.29) is 0 Å². The molecule has 0 atom stereocenters. The van der Waals surface area contributed by atoms with Crippen molar-refractivity contribution in [3.05, 3.63) is 29.6 Å². The van der Waals surface area contributed by atoms with E-state index in [1.165, 1.54) is 0 Å². The van der Waals surface area contributed by atoms with Gasteiger partial charge in [-0.3, -0.25) is 4.98 Å². The number of hydrogen-bond donors (Lipinski definition) is 3. The second-order valence-corrected chi connectivity index (χ2v) is 2.34. The summed E-state index contributed by atoms with van der Waals surface area (Å²) in [6.07, 6.45) is 1.67. The number of nitrogens with one attached hydrogen (secondary N) is 1. The van der Waals surface area contributed by atoms with Gasteiger partial charge in [-0.15, -0.1) is 0 Å². The Morgan fingerprint density at radius 1 is 1.67 bits per heavy atom. The van der Waals surface area contributed by atoms with E-state index in [1.54, 1.807) is 6.20 Å². The van der Waals surface area contributed by atoms with Crippen molar-refractivity contribution in [2.75, 3.05) is 0 Å². The van der Waals surface area contributed by atoms with Crippen molar-refractivity contribution in [3.63, 3.8) is 0 Å². The molecule has 0 aliphatic rings. The van der Waals surface area contributed by atoms with Crippen molar-refractivity contribution < 1.29 is 0 Å². The molecule has 0 aromatic carbocycles. The van der Waals surface area contributed by atoms with Gasteiger partial charge in [-0.25, -0.2) is 5.84 Å². The van der Waals surface area contributed by atoms with E-state index >= 15 is 0 Å². The highest BCUT2D eigenvalue weighted by atomic mass is 15.3. The van der Waals surface area contributed by atoms with Crippen molar-refractivity contribution in [1.82, 2.24) is 10.4 Å². The van der Waals surface area contributed by atoms with E-state index in [2.05, 4.69) is 15.5 Å². The number of rotatable bonds is 1. The van der Waals surface area contributed by atoms with Crippen LogP contribution in [0.5, 0.6) is 0 Å². The van der Waals surface area contributed by atoms with Gasteiger partial charge in [0.2, 0.25) is 0 Å². The van der Waals surface area contributed by atoms with Gasteiger partial charge < -0.3 is 11.3 Å². The van der Waals surface area contributed by atoms with Crippen LogP contribution in [0.2, 0.25) is 0 Å². The van der Waals surface area contributed by atoms with Gasteiger partial charge in [0, 0.05) is 6.20 Å². The van der Waals surface area contributed by atoms with Gasteiger partial charge in [0.1, 0.15) is 5.69 Å². The molecule has 1 heterocycles. The van der Waals surface area contributed by atoms with Crippen molar-refractivity contribution in [2.45, 2.75) is 6.92 Å². The highest BCUT2D eigenvalue weighted by molar-refractivity contribution is 5.96. The molecule has 1 aromatic rings. The fourth-order valence-corrected chi connectivity index (χ4v) is 0.843. The van der Waals surface area contributed by atoms with Crippen LogP contribution in [0.1, 0.15) is 11.3 Å². The molecule has 0 saturated carbocycles. The Morgan fingerprint density at radius 3 is 2.92 bits per heavy atom. The maximum Gasteiger partial charge on any atom is 0.185 e. The lowest BCUT2D eigenvalue weighted by Gasteiger charge is -2.02. The van der Waals surface area contributed by atoms with Crippen LogP contribution >= 0.6 is 0 Å². The molecule has 5 heteroatoms.